The smallest absolute Gasteiger partial charge is 0.326 e. The number of hydrogen-bond acceptors (Lipinski definition) is 6. The molecule has 0 fully saturated rings. The normalized spacial score (nSPS) is 16.2. The number of imide groups is 2. The van der Waals surface area contributed by atoms with Crippen molar-refractivity contribution in [2.45, 2.75) is 52.6 Å². The average molecular weight is 619 g/mol. The fourth-order valence-corrected chi connectivity index (χ4v) is 7.40. The third-order valence-electron chi connectivity index (χ3n) is 9.28. The van der Waals surface area contributed by atoms with Crippen LogP contribution in [0, 0.1) is 11.8 Å². The predicted octanol–water partition coefficient (Wildman–Crippen LogP) is 5.93. The second kappa shape index (κ2) is 10.1. The number of carboxylic acid groups (broad SMARTS) is 2. The van der Waals surface area contributed by atoms with Gasteiger partial charge in [-0.3, -0.25) is 29.0 Å². The first-order chi connectivity index (χ1) is 21.8. The minimum absolute atomic E-state index is 0.0758. The summed E-state index contributed by atoms with van der Waals surface area (Å²) < 4.78 is 0. The lowest BCUT2D eigenvalue weighted by atomic mass is 9.81. The molecule has 0 aliphatic carbocycles. The van der Waals surface area contributed by atoms with Gasteiger partial charge in [-0.05, 0) is 81.3 Å². The number of aliphatic carboxylic acids is 2. The summed E-state index contributed by atoms with van der Waals surface area (Å²) in [6.07, 6.45) is 0.224. The maximum atomic E-state index is 13.8. The van der Waals surface area contributed by atoms with Crippen LogP contribution in [0.15, 0.2) is 48.5 Å². The van der Waals surface area contributed by atoms with E-state index in [1.165, 1.54) is 0 Å². The summed E-state index contributed by atoms with van der Waals surface area (Å²) in [7, 11) is 0. The van der Waals surface area contributed by atoms with Gasteiger partial charge in [-0.2, -0.15) is 0 Å². The largest absolute Gasteiger partial charge is 0.480 e. The van der Waals surface area contributed by atoms with Crippen molar-refractivity contribution in [1.29, 1.82) is 0 Å². The average Bonchev–Trinajstić information content (AvgIpc) is 3.00. The Kier molecular flexibility index (Phi) is 6.42. The van der Waals surface area contributed by atoms with Crippen LogP contribution in [0.1, 0.15) is 82.0 Å². The number of carbonyl (C=O) groups excluding carboxylic acids is 4. The van der Waals surface area contributed by atoms with E-state index in [4.69, 9.17) is 0 Å². The molecule has 232 valence electrons. The molecule has 0 spiro atoms. The zero-order valence-corrected chi connectivity index (χ0v) is 25.6. The van der Waals surface area contributed by atoms with Crippen LogP contribution in [0.2, 0.25) is 0 Å². The SMILES string of the molecule is CC(C)CC(C(=O)O)N1C(=O)c2ccc3c4ccc5c6c(ccc(c7ccc(c2c37)C1=O)c64)C(=O)N(C(CC(C)C)C(=O)O)C5=O. The van der Waals surface area contributed by atoms with Crippen LogP contribution < -0.4 is 0 Å². The number of hydrogen-bond donors (Lipinski definition) is 2. The number of rotatable bonds is 8. The van der Waals surface area contributed by atoms with E-state index in [1.54, 1.807) is 48.5 Å². The van der Waals surface area contributed by atoms with Crippen LogP contribution in [-0.4, -0.2) is 67.7 Å². The highest BCUT2D eigenvalue weighted by molar-refractivity contribution is 6.41. The third-order valence-corrected chi connectivity index (χ3v) is 9.28. The Bertz CT molecular complexity index is 1960. The van der Waals surface area contributed by atoms with E-state index in [-0.39, 0.29) is 46.9 Å². The van der Waals surface area contributed by atoms with Crippen LogP contribution in [-0.2, 0) is 9.59 Å². The highest BCUT2D eigenvalue weighted by Crippen LogP contribution is 2.46. The summed E-state index contributed by atoms with van der Waals surface area (Å²) >= 11 is 0. The molecular weight excluding hydrogens is 588 g/mol. The topological polar surface area (TPSA) is 149 Å². The van der Waals surface area contributed by atoms with Crippen molar-refractivity contribution in [3.8, 4) is 0 Å². The molecule has 10 heteroatoms. The lowest BCUT2D eigenvalue weighted by Gasteiger charge is -2.34. The van der Waals surface area contributed by atoms with Gasteiger partial charge in [0.2, 0.25) is 0 Å². The Morgan fingerprint density at radius 3 is 0.978 bits per heavy atom. The van der Waals surface area contributed by atoms with E-state index in [9.17, 15) is 39.0 Å². The van der Waals surface area contributed by atoms with Gasteiger partial charge in [0.25, 0.3) is 23.6 Å². The number of benzene rings is 5. The molecule has 5 aromatic carbocycles. The number of amides is 4. The summed E-state index contributed by atoms with van der Waals surface area (Å²) in [6.45, 7) is 7.32. The summed E-state index contributed by atoms with van der Waals surface area (Å²) in [6, 6.07) is 10.8. The molecule has 2 heterocycles. The quantitative estimate of drug-likeness (QED) is 0.124. The number of fused-ring (bicyclic) bond motifs is 2. The van der Waals surface area contributed by atoms with E-state index in [1.807, 2.05) is 27.7 Å². The zero-order chi connectivity index (χ0) is 32.9. The van der Waals surface area contributed by atoms with E-state index in [2.05, 4.69) is 0 Å². The van der Waals surface area contributed by atoms with Crippen LogP contribution >= 0.6 is 0 Å². The molecule has 0 radical (unpaired) electrons. The molecule has 10 nitrogen and oxygen atoms in total. The molecule has 4 amide bonds. The van der Waals surface area contributed by atoms with Crippen LogP contribution in [0.3, 0.4) is 0 Å². The van der Waals surface area contributed by atoms with Gasteiger partial charge in [0.15, 0.2) is 0 Å². The molecule has 7 rings (SSSR count). The molecule has 0 aromatic heterocycles. The molecule has 2 aliphatic rings. The summed E-state index contributed by atoms with van der Waals surface area (Å²) in [5.41, 5.74) is 0.908. The molecular formula is C36H30N2O8. The van der Waals surface area contributed by atoms with Gasteiger partial charge in [-0.1, -0.05) is 52.0 Å². The minimum Gasteiger partial charge on any atom is -0.480 e. The Hall–Kier alpha value is -5.38. The lowest BCUT2D eigenvalue weighted by Crippen LogP contribution is -2.51. The molecule has 0 bridgehead atoms. The van der Waals surface area contributed by atoms with Gasteiger partial charge in [-0.25, -0.2) is 9.59 Å². The molecule has 46 heavy (non-hydrogen) atoms. The fraction of sp³-hybridized carbons (Fsp3) is 0.278. The first-order valence-electron chi connectivity index (χ1n) is 15.2. The van der Waals surface area contributed by atoms with E-state index in [0.29, 0.717) is 43.1 Å². The van der Waals surface area contributed by atoms with Crippen molar-refractivity contribution in [2.24, 2.45) is 11.8 Å². The molecule has 0 saturated carbocycles. The molecule has 0 saturated heterocycles. The number of carboxylic acids is 2. The number of carbonyl (C=O) groups is 6. The van der Waals surface area contributed by atoms with E-state index < -0.39 is 47.7 Å². The van der Waals surface area contributed by atoms with Crippen molar-refractivity contribution in [3.05, 3.63) is 70.8 Å². The van der Waals surface area contributed by atoms with Crippen LogP contribution in [0.4, 0.5) is 0 Å². The fourth-order valence-electron chi connectivity index (χ4n) is 7.40. The monoisotopic (exact) mass is 618 g/mol. The van der Waals surface area contributed by atoms with Crippen molar-refractivity contribution in [2.75, 3.05) is 0 Å². The predicted molar refractivity (Wildman–Crippen MR) is 170 cm³/mol. The molecule has 2 unspecified atom stereocenters. The van der Waals surface area contributed by atoms with Crippen LogP contribution in [0.25, 0.3) is 43.1 Å². The van der Waals surface area contributed by atoms with Gasteiger partial charge in [0.05, 0.1) is 0 Å². The summed E-state index contributed by atoms with van der Waals surface area (Å²) in [5.74, 6) is -5.33. The standard InChI is InChI=1S/C36H30N2O8/c1-15(2)13-25(35(43)44)37-31(39)21-9-5-17-19-7-11-23-30-24(34(42)38(33(23)41)26(36(45)46)14-16(3)4)12-8-20(28(19)30)18-6-10-22(32(37)40)29(21)27(17)18/h5-12,15-16,25-26H,13-14H2,1-4H3,(H,43,44)(H,45,46). The van der Waals surface area contributed by atoms with Crippen molar-refractivity contribution in [3.63, 3.8) is 0 Å². The Morgan fingerprint density at radius 1 is 0.500 bits per heavy atom. The highest BCUT2D eigenvalue weighted by atomic mass is 16.4. The van der Waals surface area contributed by atoms with Gasteiger partial charge in [0.1, 0.15) is 12.1 Å². The summed E-state index contributed by atoms with van der Waals surface area (Å²) in [4.78, 5) is 81.5. The number of nitrogens with zero attached hydrogens (tertiary/aromatic N) is 2. The Morgan fingerprint density at radius 2 is 0.761 bits per heavy atom. The first kappa shape index (κ1) is 29.3. The molecule has 5 aromatic rings. The minimum atomic E-state index is -1.32. The Balaban J connectivity index is 1.48. The van der Waals surface area contributed by atoms with Crippen LogP contribution in [0.5, 0.6) is 0 Å². The van der Waals surface area contributed by atoms with E-state index >= 15 is 0 Å². The first-order valence-corrected chi connectivity index (χ1v) is 15.2. The third kappa shape index (κ3) is 3.88. The van der Waals surface area contributed by atoms with Gasteiger partial charge in [0, 0.05) is 33.0 Å². The molecule has 2 aliphatic heterocycles. The Labute approximate surface area is 262 Å². The maximum absolute atomic E-state index is 13.8. The second-order valence-electron chi connectivity index (χ2n) is 13.1. The van der Waals surface area contributed by atoms with Gasteiger partial charge < -0.3 is 10.2 Å². The van der Waals surface area contributed by atoms with Gasteiger partial charge >= 0.3 is 11.9 Å². The molecule has 2 N–H and O–H groups in total. The zero-order valence-electron chi connectivity index (χ0n) is 25.6. The van der Waals surface area contributed by atoms with E-state index in [0.717, 1.165) is 9.80 Å². The lowest BCUT2D eigenvalue weighted by molar-refractivity contribution is -0.143. The van der Waals surface area contributed by atoms with Gasteiger partial charge in [-0.15, -0.1) is 0 Å². The summed E-state index contributed by atoms with van der Waals surface area (Å²) in [5, 5.41) is 24.9. The maximum Gasteiger partial charge on any atom is 0.326 e. The van der Waals surface area contributed by atoms with Crippen molar-refractivity contribution in [1.82, 2.24) is 9.80 Å². The van der Waals surface area contributed by atoms with Crippen molar-refractivity contribution >= 4 is 78.7 Å². The van der Waals surface area contributed by atoms with Crippen molar-refractivity contribution < 1.29 is 39.0 Å². The molecule has 2 atom stereocenters. The second-order valence-corrected chi connectivity index (χ2v) is 13.1. The highest BCUT2D eigenvalue weighted by Gasteiger charge is 2.43.